The first-order chi connectivity index (χ1) is 13.1. The zero-order valence-electron chi connectivity index (χ0n) is 15.8. The third kappa shape index (κ3) is 3.62. The molecular weight excluding hydrogens is 332 g/mol. The first-order valence-electron chi connectivity index (χ1n) is 9.29. The first-order valence-corrected chi connectivity index (χ1v) is 9.29. The summed E-state index contributed by atoms with van der Waals surface area (Å²) in [5.41, 5.74) is 8.05. The van der Waals surface area contributed by atoms with E-state index < -0.39 is 0 Å². The van der Waals surface area contributed by atoms with Gasteiger partial charge in [0.2, 0.25) is 0 Å². The third-order valence-electron chi connectivity index (χ3n) is 5.13. The summed E-state index contributed by atoms with van der Waals surface area (Å²) in [4.78, 5) is 6.89. The van der Waals surface area contributed by atoms with Crippen molar-refractivity contribution in [1.29, 1.82) is 5.41 Å². The summed E-state index contributed by atoms with van der Waals surface area (Å²) in [6.45, 7) is 4.06. The average molecular weight is 356 g/mol. The van der Waals surface area contributed by atoms with Gasteiger partial charge in [-0.3, -0.25) is 0 Å². The Bertz CT molecular complexity index is 993. The number of hydrogen-bond donors (Lipinski definition) is 2. The van der Waals surface area contributed by atoms with Crippen LogP contribution in [-0.4, -0.2) is 29.7 Å². The lowest BCUT2D eigenvalue weighted by molar-refractivity contribution is 0.313. The summed E-state index contributed by atoms with van der Waals surface area (Å²) in [7, 11) is 2.17. The highest BCUT2D eigenvalue weighted by molar-refractivity contribution is 5.89. The summed E-state index contributed by atoms with van der Waals surface area (Å²) in [5, 5.41) is 11.1. The van der Waals surface area contributed by atoms with Gasteiger partial charge in [0.15, 0.2) is 0 Å². The molecule has 1 aromatic heterocycles. The molecule has 0 bridgehead atoms. The van der Waals surface area contributed by atoms with Crippen LogP contribution in [0.1, 0.15) is 22.4 Å². The monoisotopic (exact) mass is 356 g/mol. The van der Waals surface area contributed by atoms with Gasteiger partial charge in [0, 0.05) is 36.2 Å². The molecule has 2 heterocycles. The quantitative estimate of drug-likeness (QED) is 0.661. The van der Waals surface area contributed by atoms with E-state index in [9.17, 15) is 0 Å². The maximum absolute atomic E-state index is 7.75. The number of anilines is 2. The molecule has 3 aromatic rings. The van der Waals surface area contributed by atoms with Crippen molar-refractivity contribution in [1.82, 2.24) is 9.88 Å². The predicted octanol–water partition coefficient (Wildman–Crippen LogP) is 4.79. The van der Waals surface area contributed by atoms with Crippen molar-refractivity contribution in [2.75, 3.05) is 18.9 Å². The van der Waals surface area contributed by atoms with E-state index in [2.05, 4.69) is 52.6 Å². The molecule has 4 rings (SSSR count). The van der Waals surface area contributed by atoms with Crippen molar-refractivity contribution in [3.8, 4) is 11.1 Å². The van der Waals surface area contributed by atoms with Crippen LogP contribution in [0, 0.1) is 12.3 Å². The lowest BCUT2D eigenvalue weighted by atomic mass is 9.90. The fourth-order valence-corrected chi connectivity index (χ4v) is 3.73. The van der Waals surface area contributed by atoms with Gasteiger partial charge in [-0.1, -0.05) is 36.4 Å². The Labute approximate surface area is 160 Å². The van der Waals surface area contributed by atoms with Crippen molar-refractivity contribution in [3.63, 3.8) is 0 Å². The number of likely N-dealkylation sites (N-methyl/N-ethyl adjacent to an activating group) is 1. The maximum Gasteiger partial charge on any atom is 0.130 e. The second-order valence-electron chi connectivity index (χ2n) is 7.17. The fraction of sp³-hybridized carbons (Fsp3) is 0.217. The second-order valence-corrected chi connectivity index (χ2v) is 7.17. The van der Waals surface area contributed by atoms with Crippen molar-refractivity contribution >= 4 is 17.7 Å². The third-order valence-corrected chi connectivity index (χ3v) is 5.13. The molecule has 1 aliphatic heterocycles. The fourth-order valence-electron chi connectivity index (χ4n) is 3.73. The largest absolute Gasteiger partial charge is 0.340 e. The van der Waals surface area contributed by atoms with Gasteiger partial charge in [0.1, 0.15) is 5.82 Å². The number of aryl methyl sites for hydroxylation is 1. The van der Waals surface area contributed by atoms with Gasteiger partial charge in [-0.2, -0.15) is 0 Å². The molecule has 0 unspecified atom stereocenters. The van der Waals surface area contributed by atoms with Crippen molar-refractivity contribution in [2.24, 2.45) is 0 Å². The van der Waals surface area contributed by atoms with Gasteiger partial charge < -0.3 is 15.6 Å². The van der Waals surface area contributed by atoms with E-state index in [-0.39, 0.29) is 0 Å². The normalized spacial score (nSPS) is 13.9. The van der Waals surface area contributed by atoms with Crippen LogP contribution in [0.15, 0.2) is 54.6 Å². The van der Waals surface area contributed by atoms with E-state index in [1.807, 2.05) is 31.2 Å². The molecule has 0 radical (unpaired) electrons. The number of aromatic nitrogens is 1. The van der Waals surface area contributed by atoms with Gasteiger partial charge in [0.05, 0.1) is 0 Å². The minimum absolute atomic E-state index is 0.798. The van der Waals surface area contributed by atoms with Crippen LogP contribution >= 0.6 is 0 Å². The zero-order chi connectivity index (χ0) is 18.8. The minimum atomic E-state index is 0.798. The van der Waals surface area contributed by atoms with Crippen LogP contribution in [0.4, 0.5) is 11.5 Å². The molecule has 0 saturated carbocycles. The number of fused-ring (bicyclic) bond motifs is 1. The highest BCUT2D eigenvalue weighted by Crippen LogP contribution is 2.33. The number of benzene rings is 2. The smallest absolute Gasteiger partial charge is 0.130 e. The van der Waals surface area contributed by atoms with Gasteiger partial charge in [0.25, 0.3) is 0 Å². The molecule has 0 aliphatic carbocycles. The molecule has 0 atom stereocenters. The Kier molecular flexibility index (Phi) is 4.73. The van der Waals surface area contributed by atoms with Gasteiger partial charge >= 0.3 is 0 Å². The molecule has 27 heavy (non-hydrogen) atoms. The highest BCUT2D eigenvalue weighted by atomic mass is 15.1. The van der Waals surface area contributed by atoms with Gasteiger partial charge in [-0.25, -0.2) is 4.98 Å². The Hall–Kier alpha value is -2.98. The van der Waals surface area contributed by atoms with E-state index in [1.54, 1.807) is 0 Å². The zero-order valence-corrected chi connectivity index (χ0v) is 15.8. The lowest BCUT2D eigenvalue weighted by Gasteiger charge is -2.27. The molecule has 136 valence electrons. The Morgan fingerprint density at radius 2 is 1.96 bits per heavy atom. The van der Waals surface area contributed by atoms with Crippen LogP contribution in [-0.2, 0) is 13.0 Å². The van der Waals surface area contributed by atoms with Crippen molar-refractivity contribution in [2.45, 2.75) is 19.9 Å². The van der Waals surface area contributed by atoms with Crippen LogP contribution < -0.4 is 5.32 Å². The Morgan fingerprint density at radius 1 is 1.11 bits per heavy atom. The molecule has 1 aliphatic rings. The summed E-state index contributed by atoms with van der Waals surface area (Å²) in [6, 6.07) is 18.8. The summed E-state index contributed by atoms with van der Waals surface area (Å²) in [6.07, 6.45) is 2.45. The van der Waals surface area contributed by atoms with Crippen LogP contribution in [0.25, 0.3) is 11.1 Å². The number of hydrogen-bond acceptors (Lipinski definition) is 4. The molecule has 0 amide bonds. The van der Waals surface area contributed by atoms with Crippen LogP contribution in [0.3, 0.4) is 0 Å². The molecule has 0 spiro atoms. The number of rotatable bonds is 4. The second kappa shape index (κ2) is 7.33. The molecule has 4 nitrogen and oxygen atoms in total. The summed E-state index contributed by atoms with van der Waals surface area (Å²) < 4.78 is 0. The van der Waals surface area contributed by atoms with Crippen LogP contribution in [0.5, 0.6) is 0 Å². The molecule has 4 heteroatoms. The maximum atomic E-state index is 7.75. The first kappa shape index (κ1) is 17.4. The van der Waals surface area contributed by atoms with Crippen molar-refractivity contribution < 1.29 is 0 Å². The van der Waals surface area contributed by atoms with Crippen molar-refractivity contribution in [3.05, 3.63) is 77.0 Å². The van der Waals surface area contributed by atoms with E-state index in [0.717, 1.165) is 42.3 Å². The molecular formula is C23H24N4. The average Bonchev–Trinajstić information content (AvgIpc) is 2.67. The standard InChI is InChI=1S/C23H24N4/c1-16-5-3-8-23(25-16)26-22-13-17(9-10-18(22)14-24)20-7-4-6-19-15-27(2)12-11-21(19)20/h3-10,13-14,24H,11-12,15H2,1-2H3,(H,25,26). The molecule has 2 aromatic carbocycles. The SMILES string of the molecule is Cc1cccc(Nc2cc(-c3cccc4c3CCN(C)C4)ccc2C=N)n1. The lowest BCUT2D eigenvalue weighted by Crippen LogP contribution is -2.26. The van der Waals surface area contributed by atoms with Gasteiger partial charge in [-0.15, -0.1) is 0 Å². The highest BCUT2D eigenvalue weighted by Gasteiger charge is 2.17. The Morgan fingerprint density at radius 3 is 2.78 bits per heavy atom. The van der Waals surface area contributed by atoms with E-state index >= 15 is 0 Å². The van der Waals surface area contributed by atoms with E-state index in [1.165, 1.54) is 28.5 Å². The molecule has 2 N–H and O–H groups in total. The van der Waals surface area contributed by atoms with E-state index in [4.69, 9.17) is 5.41 Å². The van der Waals surface area contributed by atoms with E-state index in [0.29, 0.717) is 0 Å². The minimum Gasteiger partial charge on any atom is -0.340 e. The number of nitrogens with one attached hydrogen (secondary N) is 2. The predicted molar refractivity (Wildman–Crippen MR) is 112 cm³/mol. The molecule has 0 fully saturated rings. The van der Waals surface area contributed by atoms with Crippen LogP contribution in [0.2, 0.25) is 0 Å². The van der Waals surface area contributed by atoms with Gasteiger partial charge in [-0.05, 0) is 60.8 Å². The molecule has 0 saturated heterocycles. The topological polar surface area (TPSA) is 52.0 Å². The summed E-state index contributed by atoms with van der Waals surface area (Å²) >= 11 is 0. The number of nitrogens with zero attached hydrogens (tertiary/aromatic N) is 2. The Balaban J connectivity index is 1.75. The summed E-state index contributed by atoms with van der Waals surface area (Å²) in [5.74, 6) is 0.798. The number of pyridine rings is 1.